The Hall–Kier alpha value is -2.18. The highest BCUT2D eigenvalue weighted by Crippen LogP contribution is 2.19. The van der Waals surface area contributed by atoms with Gasteiger partial charge in [0.15, 0.2) is 0 Å². The molecular formula is C17H26O7. The maximum atomic E-state index is 11.5. The van der Waals surface area contributed by atoms with Gasteiger partial charge in [0.2, 0.25) is 0 Å². The van der Waals surface area contributed by atoms with E-state index in [1.165, 1.54) is 0 Å². The Kier molecular flexibility index (Phi) is 10.3. The SMILES string of the molecule is CCOC(=O)/C=C\C(=O)OCCCCC(=O)OC(=O)CC(C)(C)C. The number of unbranched alkanes of at least 4 members (excludes halogenated alkanes) is 1. The average molecular weight is 342 g/mol. The van der Waals surface area contributed by atoms with Crippen molar-refractivity contribution in [2.75, 3.05) is 13.2 Å². The molecule has 0 unspecified atom stereocenters. The second-order valence-corrected chi connectivity index (χ2v) is 6.29. The number of carbonyl (C=O) groups is 4. The van der Waals surface area contributed by atoms with Crippen LogP contribution in [0.4, 0.5) is 0 Å². The molecule has 0 aromatic heterocycles. The summed E-state index contributed by atoms with van der Waals surface area (Å²) in [6, 6.07) is 0. The molecule has 0 saturated heterocycles. The van der Waals surface area contributed by atoms with E-state index in [1.807, 2.05) is 20.8 Å². The predicted octanol–water partition coefficient (Wildman–Crippen LogP) is 2.33. The predicted molar refractivity (Wildman–Crippen MR) is 85.8 cm³/mol. The Bertz CT molecular complexity index is 472. The van der Waals surface area contributed by atoms with E-state index in [0.29, 0.717) is 12.8 Å². The standard InChI is InChI=1S/C17H26O7/c1-5-22-13(18)9-10-14(19)23-11-7-6-8-15(20)24-16(21)12-17(2,3)4/h9-10H,5-8,11-12H2,1-4H3/b10-9-. The molecule has 0 aliphatic rings. The Morgan fingerprint density at radius 2 is 1.46 bits per heavy atom. The molecule has 7 nitrogen and oxygen atoms in total. The van der Waals surface area contributed by atoms with Crippen molar-refractivity contribution >= 4 is 23.9 Å². The summed E-state index contributed by atoms with van der Waals surface area (Å²) in [5.41, 5.74) is -0.233. The lowest BCUT2D eigenvalue weighted by Gasteiger charge is -2.15. The van der Waals surface area contributed by atoms with E-state index >= 15 is 0 Å². The van der Waals surface area contributed by atoms with E-state index in [4.69, 9.17) is 9.47 Å². The highest BCUT2D eigenvalue weighted by atomic mass is 16.6. The van der Waals surface area contributed by atoms with Crippen LogP contribution in [0.5, 0.6) is 0 Å². The number of ether oxygens (including phenoxy) is 3. The van der Waals surface area contributed by atoms with Gasteiger partial charge < -0.3 is 14.2 Å². The van der Waals surface area contributed by atoms with Crippen LogP contribution < -0.4 is 0 Å². The first-order valence-corrected chi connectivity index (χ1v) is 7.89. The normalized spacial score (nSPS) is 11.2. The Balaban J connectivity index is 3.79. The van der Waals surface area contributed by atoms with Crippen molar-refractivity contribution in [3.63, 3.8) is 0 Å². The third-order valence-electron chi connectivity index (χ3n) is 2.56. The fraction of sp³-hybridized carbons (Fsp3) is 0.647. The smallest absolute Gasteiger partial charge is 0.331 e. The number of rotatable bonds is 9. The molecule has 0 bridgehead atoms. The van der Waals surface area contributed by atoms with Gasteiger partial charge in [0.05, 0.1) is 19.6 Å². The summed E-state index contributed by atoms with van der Waals surface area (Å²) in [7, 11) is 0. The largest absolute Gasteiger partial charge is 0.463 e. The van der Waals surface area contributed by atoms with Crippen LogP contribution in [0.1, 0.15) is 53.4 Å². The van der Waals surface area contributed by atoms with Crippen molar-refractivity contribution in [1.82, 2.24) is 0 Å². The number of carbonyl (C=O) groups excluding carboxylic acids is 4. The van der Waals surface area contributed by atoms with E-state index in [-0.39, 0.29) is 31.5 Å². The van der Waals surface area contributed by atoms with Gasteiger partial charge in [-0.15, -0.1) is 0 Å². The third-order valence-corrected chi connectivity index (χ3v) is 2.56. The lowest BCUT2D eigenvalue weighted by molar-refractivity contribution is -0.161. The molecule has 0 aromatic carbocycles. The van der Waals surface area contributed by atoms with Gasteiger partial charge in [-0.05, 0) is 25.2 Å². The summed E-state index contributed by atoms with van der Waals surface area (Å²) < 4.78 is 14.2. The zero-order chi connectivity index (χ0) is 18.6. The van der Waals surface area contributed by atoms with Crippen LogP contribution >= 0.6 is 0 Å². The lowest BCUT2D eigenvalue weighted by Crippen LogP contribution is -2.18. The maximum absolute atomic E-state index is 11.5. The quantitative estimate of drug-likeness (QED) is 0.208. The molecule has 0 spiro atoms. The van der Waals surface area contributed by atoms with E-state index in [2.05, 4.69) is 4.74 Å². The highest BCUT2D eigenvalue weighted by molar-refractivity contribution is 5.91. The molecule has 0 radical (unpaired) electrons. The minimum absolute atomic E-state index is 0.0755. The van der Waals surface area contributed by atoms with Crippen LogP contribution in [-0.4, -0.2) is 37.1 Å². The summed E-state index contributed by atoms with van der Waals surface area (Å²) >= 11 is 0. The lowest BCUT2D eigenvalue weighted by atomic mass is 9.92. The number of esters is 4. The second-order valence-electron chi connectivity index (χ2n) is 6.29. The van der Waals surface area contributed by atoms with Crippen LogP contribution in [0.2, 0.25) is 0 Å². The fourth-order valence-corrected chi connectivity index (χ4v) is 1.57. The number of hydrogen-bond donors (Lipinski definition) is 0. The molecule has 0 N–H and O–H groups in total. The fourth-order valence-electron chi connectivity index (χ4n) is 1.57. The maximum Gasteiger partial charge on any atom is 0.331 e. The summed E-state index contributed by atoms with van der Waals surface area (Å²) in [5.74, 6) is -2.40. The summed E-state index contributed by atoms with van der Waals surface area (Å²) in [4.78, 5) is 45.2. The molecule has 0 amide bonds. The molecule has 0 atom stereocenters. The van der Waals surface area contributed by atoms with Crippen LogP contribution in [0, 0.1) is 5.41 Å². The molecular weight excluding hydrogens is 316 g/mol. The van der Waals surface area contributed by atoms with Crippen molar-refractivity contribution in [3.8, 4) is 0 Å². The summed E-state index contributed by atoms with van der Waals surface area (Å²) in [6.45, 7) is 7.63. The molecule has 0 fully saturated rings. The van der Waals surface area contributed by atoms with Gasteiger partial charge in [0, 0.05) is 18.6 Å². The van der Waals surface area contributed by atoms with Crippen LogP contribution in [0.3, 0.4) is 0 Å². The van der Waals surface area contributed by atoms with Crippen molar-refractivity contribution in [2.24, 2.45) is 5.41 Å². The van der Waals surface area contributed by atoms with Gasteiger partial charge in [-0.25, -0.2) is 9.59 Å². The molecule has 7 heteroatoms. The molecule has 0 saturated carbocycles. The van der Waals surface area contributed by atoms with Crippen molar-refractivity contribution in [1.29, 1.82) is 0 Å². The van der Waals surface area contributed by atoms with E-state index < -0.39 is 23.9 Å². The molecule has 0 aromatic rings. The van der Waals surface area contributed by atoms with Crippen molar-refractivity contribution < 1.29 is 33.4 Å². The highest BCUT2D eigenvalue weighted by Gasteiger charge is 2.19. The third kappa shape index (κ3) is 13.5. The van der Waals surface area contributed by atoms with Crippen LogP contribution in [-0.2, 0) is 33.4 Å². The van der Waals surface area contributed by atoms with E-state index in [9.17, 15) is 19.2 Å². The summed E-state index contributed by atoms with van der Waals surface area (Å²) in [5, 5.41) is 0. The first-order chi connectivity index (χ1) is 11.1. The molecule has 24 heavy (non-hydrogen) atoms. The van der Waals surface area contributed by atoms with Crippen molar-refractivity contribution in [2.45, 2.75) is 53.4 Å². The first-order valence-electron chi connectivity index (χ1n) is 7.89. The minimum Gasteiger partial charge on any atom is -0.463 e. The summed E-state index contributed by atoms with van der Waals surface area (Å²) in [6.07, 6.45) is 3.09. The number of hydrogen-bond acceptors (Lipinski definition) is 7. The van der Waals surface area contributed by atoms with Crippen molar-refractivity contribution in [3.05, 3.63) is 12.2 Å². The topological polar surface area (TPSA) is 96.0 Å². The van der Waals surface area contributed by atoms with E-state index in [1.54, 1.807) is 6.92 Å². The van der Waals surface area contributed by atoms with Gasteiger partial charge in [-0.1, -0.05) is 20.8 Å². The molecule has 0 heterocycles. The van der Waals surface area contributed by atoms with E-state index in [0.717, 1.165) is 12.2 Å². The molecule has 0 rings (SSSR count). The zero-order valence-electron chi connectivity index (χ0n) is 14.8. The van der Waals surface area contributed by atoms with Crippen LogP contribution in [0.15, 0.2) is 12.2 Å². The Labute approximate surface area is 142 Å². The van der Waals surface area contributed by atoms with Gasteiger partial charge in [0.25, 0.3) is 0 Å². The second kappa shape index (κ2) is 11.4. The Morgan fingerprint density at radius 1 is 0.875 bits per heavy atom. The van der Waals surface area contributed by atoms with Gasteiger partial charge >= 0.3 is 23.9 Å². The first kappa shape index (κ1) is 21.8. The average Bonchev–Trinajstić information content (AvgIpc) is 2.42. The Morgan fingerprint density at radius 3 is 2.00 bits per heavy atom. The van der Waals surface area contributed by atoms with Gasteiger partial charge in [0.1, 0.15) is 0 Å². The van der Waals surface area contributed by atoms with Gasteiger partial charge in [-0.3, -0.25) is 9.59 Å². The van der Waals surface area contributed by atoms with Gasteiger partial charge in [-0.2, -0.15) is 0 Å². The molecule has 136 valence electrons. The molecule has 0 aliphatic heterocycles. The molecule has 0 aliphatic carbocycles. The van der Waals surface area contributed by atoms with Crippen LogP contribution in [0.25, 0.3) is 0 Å². The minimum atomic E-state index is -0.661. The monoisotopic (exact) mass is 342 g/mol. The zero-order valence-corrected chi connectivity index (χ0v) is 14.8.